The average Bonchev–Trinajstić information content (AvgIpc) is 2.71. The second-order valence-corrected chi connectivity index (χ2v) is 7.43. The van der Waals surface area contributed by atoms with Crippen LogP contribution in [0.5, 0.6) is 0 Å². The quantitative estimate of drug-likeness (QED) is 0.665. The Labute approximate surface area is 173 Å². The zero-order valence-electron chi connectivity index (χ0n) is 16.3. The Hall–Kier alpha value is -2.62. The summed E-state index contributed by atoms with van der Waals surface area (Å²) in [7, 11) is 1.35. The van der Waals surface area contributed by atoms with Crippen LogP contribution in [0.25, 0.3) is 0 Å². The van der Waals surface area contributed by atoms with Gasteiger partial charge in [-0.05, 0) is 48.9 Å². The zero-order chi connectivity index (χ0) is 23.0. The molecule has 0 aromatic heterocycles. The van der Waals surface area contributed by atoms with E-state index >= 15 is 0 Å². The van der Waals surface area contributed by atoms with Gasteiger partial charge in [0.15, 0.2) is 0 Å². The van der Waals surface area contributed by atoms with E-state index in [1.165, 1.54) is 24.1 Å². The Morgan fingerprint density at radius 1 is 0.968 bits per heavy atom. The van der Waals surface area contributed by atoms with Gasteiger partial charge in [-0.1, -0.05) is 12.1 Å². The highest BCUT2D eigenvalue weighted by Gasteiger charge is 2.39. The number of benzene rings is 2. The lowest BCUT2D eigenvalue weighted by molar-refractivity contribution is -0.143. The summed E-state index contributed by atoms with van der Waals surface area (Å²) in [4.78, 5) is 14.1. The number of amides is 1. The number of likely N-dealkylation sites (N-methyl/N-ethyl adjacent to an activating group) is 1. The van der Waals surface area contributed by atoms with Crippen LogP contribution in [0.15, 0.2) is 42.5 Å². The molecule has 0 unspecified atom stereocenters. The van der Waals surface area contributed by atoms with Gasteiger partial charge in [-0.3, -0.25) is 4.79 Å². The van der Waals surface area contributed by atoms with E-state index in [-0.39, 0.29) is 12.0 Å². The van der Waals surface area contributed by atoms with Crippen LogP contribution >= 0.6 is 0 Å². The van der Waals surface area contributed by atoms with Gasteiger partial charge in [0.1, 0.15) is 5.82 Å². The minimum absolute atomic E-state index is 0.0113. The number of piperidine rings is 1. The minimum atomic E-state index is -5.04. The van der Waals surface area contributed by atoms with E-state index in [2.05, 4.69) is 5.32 Å². The molecule has 0 spiro atoms. The van der Waals surface area contributed by atoms with Crippen molar-refractivity contribution < 1.29 is 35.5 Å². The summed E-state index contributed by atoms with van der Waals surface area (Å²) in [6.45, 7) is 0.931. The summed E-state index contributed by atoms with van der Waals surface area (Å²) >= 11 is 0. The molecule has 168 valence electrons. The third-order valence-corrected chi connectivity index (χ3v) is 5.40. The Bertz CT molecular complexity index is 906. The number of nitrogens with zero attached hydrogens (tertiary/aromatic N) is 1. The molecule has 2 atom stereocenters. The molecule has 2 aromatic carbocycles. The van der Waals surface area contributed by atoms with E-state index in [0.717, 1.165) is 0 Å². The first-order valence-electron chi connectivity index (χ1n) is 9.41. The van der Waals surface area contributed by atoms with Crippen LogP contribution in [-0.2, 0) is 12.4 Å². The molecular weight excluding hydrogens is 429 g/mol. The molecule has 3 rings (SSSR count). The minimum Gasteiger partial charge on any atom is -0.338 e. The number of alkyl halides is 6. The second kappa shape index (κ2) is 8.49. The Morgan fingerprint density at radius 3 is 2.03 bits per heavy atom. The standard InChI is InChI=1S/C21H19F7N2O/c1-30(18-6-7-29-11-17(18)12-2-4-16(22)5-3-12)19(31)13-8-14(20(23,24)25)10-15(9-13)21(26,27)28/h2-5,8-10,17-18,29H,6-7,11H2,1H3/t17-,18+/m0/s1. The summed E-state index contributed by atoms with van der Waals surface area (Å²) in [5.41, 5.74) is -3.07. The summed E-state index contributed by atoms with van der Waals surface area (Å²) in [6, 6.07) is 5.96. The van der Waals surface area contributed by atoms with Gasteiger partial charge in [0, 0.05) is 31.1 Å². The molecule has 0 bridgehead atoms. The van der Waals surface area contributed by atoms with Crippen LogP contribution in [0.2, 0.25) is 0 Å². The third kappa shape index (κ3) is 5.17. The predicted octanol–water partition coefficient (Wildman–Crippen LogP) is 5.08. The fraction of sp³-hybridized carbons (Fsp3) is 0.381. The molecule has 2 aromatic rings. The number of rotatable bonds is 3. The molecule has 1 heterocycles. The number of hydrogen-bond donors (Lipinski definition) is 1. The van der Waals surface area contributed by atoms with E-state index < -0.39 is 46.8 Å². The lowest BCUT2D eigenvalue weighted by atomic mass is 9.85. The number of carbonyl (C=O) groups excluding carboxylic acids is 1. The predicted molar refractivity (Wildman–Crippen MR) is 99.0 cm³/mol. The van der Waals surface area contributed by atoms with Crippen molar-refractivity contribution in [1.29, 1.82) is 0 Å². The van der Waals surface area contributed by atoms with Crippen molar-refractivity contribution in [1.82, 2.24) is 10.2 Å². The van der Waals surface area contributed by atoms with Gasteiger partial charge in [-0.2, -0.15) is 26.3 Å². The lowest BCUT2D eigenvalue weighted by Gasteiger charge is -2.39. The molecule has 3 nitrogen and oxygen atoms in total. The van der Waals surface area contributed by atoms with Crippen molar-refractivity contribution in [3.8, 4) is 0 Å². The van der Waals surface area contributed by atoms with Gasteiger partial charge < -0.3 is 10.2 Å². The van der Waals surface area contributed by atoms with Crippen LogP contribution in [0, 0.1) is 5.82 Å². The van der Waals surface area contributed by atoms with Crippen LogP contribution < -0.4 is 5.32 Å². The fourth-order valence-corrected chi connectivity index (χ4v) is 3.79. The van der Waals surface area contributed by atoms with Crippen LogP contribution in [-0.4, -0.2) is 37.0 Å². The molecule has 1 aliphatic rings. The SMILES string of the molecule is CN(C(=O)c1cc(C(F)(F)F)cc(C(F)(F)F)c1)[C@@H]1CCNC[C@H]1c1ccc(F)cc1. The number of halogens is 7. The van der Waals surface area contributed by atoms with Gasteiger partial charge in [0.05, 0.1) is 11.1 Å². The van der Waals surface area contributed by atoms with Crippen molar-refractivity contribution in [2.75, 3.05) is 20.1 Å². The molecule has 0 saturated carbocycles. The van der Waals surface area contributed by atoms with Crippen molar-refractivity contribution in [2.45, 2.75) is 30.7 Å². The molecule has 1 amide bonds. The average molecular weight is 448 g/mol. The van der Waals surface area contributed by atoms with Crippen LogP contribution in [0.3, 0.4) is 0 Å². The van der Waals surface area contributed by atoms with Gasteiger partial charge in [0.25, 0.3) is 5.91 Å². The first-order valence-corrected chi connectivity index (χ1v) is 9.41. The Morgan fingerprint density at radius 2 is 1.52 bits per heavy atom. The molecule has 1 N–H and O–H groups in total. The van der Waals surface area contributed by atoms with E-state index in [9.17, 15) is 35.5 Å². The Kier molecular flexibility index (Phi) is 6.31. The lowest BCUT2D eigenvalue weighted by Crippen LogP contribution is -2.49. The summed E-state index contributed by atoms with van der Waals surface area (Å²) in [5.74, 6) is -1.70. The monoisotopic (exact) mass is 448 g/mol. The fourth-order valence-electron chi connectivity index (χ4n) is 3.79. The van der Waals surface area contributed by atoms with Crippen LogP contribution in [0.4, 0.5) is 30.7 Å². The first-order chi connectivity index (χ1) is 14.4. The molecule has 10 heteroatoms. The van der Waals surface area contributed by atoms with E-state index in [4.69, 9.17) is 0 Å². The van der Waals surface area contributed by atoms with Gasteiger partial charge in [0.2, 0.25) is 0 Å². The number of carbonyl (C=O) groups is 1. The van der Waals surface area contributed by atoms with Crippen molar-refractivity contribution in [3.05, 3.63) is 70.5 Å². The topological polar surface area (TPSA) is 32.3 Å². The molecule has 1 aliphatic heterocycles. The molecule has 0 aliphatic carbocycles. The normalized spacial score (nSPS) is 19.9. The maximum absolute atomic E-state index is 13.3. The smallest absolute Gasteiger partial charge is 0.338 e. The van der Waals surface area contributed by atoms with E-state index in [1.54, 1.807) is 12.1 Å². The molecular formula is C21H19F7N2O. The summed E-state index contributed by atoms with van der Waals surface area (Å²) in [5, 5.41) is 3.14. The van der Waals surface area contributed by atoms with Crippen molar-refractivity contribution in [3.63, 3.8) is 0 Å². The summed E-state index contributed by atoms with van der Waals surface area (Å²) < 4.78 is 92.1. The summed E-state index contributed by atoms with van der Waals surface area (Å²) in [6.07, 6.45) is -9.66. The molecule has 31 heavy (non-hydrogen) atoms. The highest BCUT2D eigenvalue weighted by Crippen LogP contribution is 2.37. The van der Waals surface area contributed by atoms with E-state index in [1.807, 2.05) is 0 Å². The molecule has 0 radical (unpaired) electrons. The number of nitrogens with one attached hydrogen (secondary N) is 1. The maximum Gasteiger partial charge on any atom is 0.416 e. The highest BCUT2D eigenvalue weighted by atomic mass is 19.4. The first kappa shape index (κ1) is 23.1. The highest BCUT2D eigenvalue weighted by molar-refractivity contribution is 5.94. The third-order valence-electron chi connectivity index (χ3n) is 5.40. The van der Waals surface area contributed by atoms with Crippen LogP contribution in [0.1, 0.15) is 39.4 Å². The van der Waals surface area contributed by atoms with Gasteiger partial charge in [-0.15, -0.1) is 0 Å². The Balaban J connectivity index is 1.96. The largest absolute Gasteiger partial charge is 0.416 e. The van der Waals surface area contributed by atoms with Gasteiger partial charge >= 0.3 is 12.4 Å². The molecule has 1 saturated heterocycles. The van der Waals surface area contributed by atoms with Crippen molar-refractivity contribution in [2.24, 2.45) is 0 Å². The van der Waals surface area contributed by atoms with Gasteiger partial charge in [-0.25, -0.2) is 4.39 Å². The molecule has 1 fully saturated rings. The maximum atomic E-state index is 13.3. The number of hydrogen-bond acceptors (Lipinski definition) is 2. The zero-order valence-corrected chi connectivity index (χ0v) is 16.3. The van der Waals surface area contributed by atoms with E-state index in [0.29, 0.717) is 37.2 Å². The van der Waals surface area contributed by atoms with Crippen molar-refractivity contribution >= 4 is 5.91 Å². The second-order valence-electron chi connectivity index (χ2n) is 7.43.